The molecule has 3 rings (SSSR count). The number of ether oxygens (including phenoxy) is 2. The highest BCUT2D eigenvalue weighted by Crippen LogP contribution is 2.27. The molecule has 20 heavy (non-hydrogen) atoms. The Kier molecular flexibility index (Phi) is 3.42. The average molecular weight is 270 g/mol. The highest BCUT2D eigenvalue weighted by atomic mass is 19.1. The standard InChI is InChI=1S/C15H11FN2O2/c16-14-6-10(1-2-11(14)7-17)12-5-13(9-18-8-12)15-19-3-4-20-15/h1-2,5-6,8-9,15H,3-4H2. The Bertz CT molecular complexity index is 676. The number of nitriles is 1. The van der Waals surface area contributed by atoms with E-state index in [4.69, 9.17) is 14.7 Å². The first kappa shape index (κ1) is 12.7. The molecular formula is C15H11FN2O2. The van der Waals surface area contributed by atoms with E-state index in [0.717, 1.165) is 11.1 Å². The maximum absolute atomic E-state index is 13.6. The molecule has 0 amide bonds. The lowest BCUT2D eigenvalue weighted by molar-refractivity contribution is -0.0443. The molecular weight excluding hydrogens is 259 g/mol. The van der Waals surface area contributed by atoms with Crippen LogP contribution in [0.4, 0.5) is 4.39 Å². The Hall–Kier alpha value is -2.29. The molecule has 1 fully saturated rings. The van der Waals surface area contributed by atoms with Crippen molar-refractivity contribution >= 4 is 0 Å². The van der Waals surface area contributed by atoms with Gasteiger partial charge in [0.15, 0.2) is 6.29 Å². The highest BCUT2D eigenvalue weighted by Gasteiger charge is 2.19. The highest BCUT2D eigenvalue weighted by molar-refractivity contribution is 5.64. The molecule has 0 radical (unpaired) electrons. The normalized spacial score (nSPS) is 15.2. The van der Waals surface area contributed by atoms with Crippen molar-refractivity contribution in [1.29, 1.82) is 5.26 Å². The van der Waals surface area contributed by atoms with Gasteiger partial charge in [0.25, 0.3) is 0 Å². The van der Waals surface area contributed by atoms with Crippen LogP contribution in [0.1, 0.15) is 17.4 Å². The first-order chi connectivity index (χ1) is 9.78. The second-order valence-electron chi connectivity index (χ2n) is 4.39. The number of aromatic nitrogens is 1. The van der Waals surface area contributed by atoms with Crippen LogP contribution < -0.4 is 0 Å². The van der Waals surface area contributed by atoms with Crippen LogP contribution in [0.5, 0.6) is 0 Å². The number of pyridine rings is 1. The summed E-state index contributed by atoms with van der Waals surface area (Å²) in [5.74, 6) is -0.538. The van der Waals surface area contributed by atoms with Crippen molar-refractivity contribution in [2.24, 2.45) is 0 Å². The van der Waals surface area contributed by atoms with E-state index in [0.29, 0.717) is 18.8 Å². The van der Waals surface area contributed by atoms with Crippen molar-refractivity contribution in [3.63, 3.8) is 0 Å². The second kappa shape index (κ2) is 5.37. The molecule has 0 aliphatic carbocycles. The number of hydrogen-bond donors (Lipinski definition) is 0. The lowest BCUT2D eigenvalue weighted by Gasteiger charge is -2.10. The van der Waals surface area contributed by atoms with Gasteiger partial charge < -0.3 is 9.47 Å². The SMILES string of the molecule is N#Cc1ccc(-c2cncc(C3OCCO3)c2)cc1F. The van der Waals surface area contributed by atoms with Gasteiger partial charge in [-0.3, -0.25) is 4.98 Å². The zero-order valence-corrected chi connectivity index (χ0v) is 10.5. The third-order valence-electron chi connectivity index (χ3n) is 3.08. The summed E-state index contributed by atoms with van der Waals surface area (Å²) in [6.45, 7) is 1.11. The Labute approximate surface area is 115 Å². The Morgan fingerprint density at radius 3 is 2.65 bits per heavy atom. The topological polar surface area (TPSA) is 55.1 Å². The summed E-state index contributed by atoms with van der Waals surface area (Å²) in [7, 11) is 0. The minimum absolute atomic E-state index is 0.0281. The molecule has 1 aromatic carbocycles. The maximum atomic E-state index is 13.6. The van der Waals surface area contributed by atoms with Gasteiger partial charge in [0, 0.05) is 23.5 Å². The lowest BCUT2D eigenvalue weighted by Crippen LogP contribution is -1.99. The number of halogens is 1. The fourth-order valence-electron chi connectivity index (χ4n) is 2.08. The molecule has 1 aliphatic rings. The first-order valence-electron chi connectivity index (χ1n) is 6.16. The van der Waals surface area contributed by atoms with Crippen LogP contribution in [-0.2, 0) is 9.47 Å². The van der Waals surface area contributed by atoms with Gasteiger partial charge in [-0.15, -0.1) is 0 Å². The number of hydrogen-bond acceptors (Lipinski definition) is 4. The molecule has 5 heteroatoms. The Morgan fingerprint density at radius 2 is 1.95 bits per heavy atom. The van der Waals surface area contributed by atoms with Crippen molar-refractivity contribution in [1.82, 2.24) is 4.98 Å². The molecule has 0 spiro atoms. The quantitative estimate of drug-likeness (QED) is 0.842. The third kappa shape index (κ3) is 2.39. The summed E-state index contributed by atoms with van der Waals surface area (Å²) in [5.41, 5.74) is 2.24. The minimum atomic E-state index is -0.538. The van der Waals surface area contributed by atoms with Crippen molar-refractivity contribution in [2.45, 2.75) is 6.29 Å². The van der Waals surface area contributed by atoms with E-state index < -0.39 is 12.1 Å². The van der Waals surface area contributed by atoms with Crippen LogP contribution >= 0.6 is 0 Å². The fraction of sp³-hybridized carbons (Fsp3) is 0.200. The van der Waals surface area contributed by atoms with E-state index in [9.17, 15) is 4.39 Å². The van der Waals surface area contributed by atoms with Gasteiger partial charge in [-0.2, -0.15) is 5.26 Å². The van der Waals surface area contributed by atoms with E-state index in [1.54, 1.807) is 24.5 Å². The van der Waals surface area contributed by atoms with Crippen LogP contribution in [-0.4, -0.2) is 18.2 Å². The molecule has 2 aromatic rings. The third-order valence-corrected chi connectivity index (χ3v) is 3.08. The van der Waals surface area contributed by atoms with E-state index in [2.05, 4.69) is 4.98 Å². The van der Waals surface area contributed by atoms with Crippen LogP contribution in [0, 0.1) is 17.1 Å². The maximum Gasteiger partial charge on any atom is 0.185 e. The molecule has 4 nitrogen and oxygen atoms in total. The number of rotatable bonds is 2. The molecule has 1 aliphatic heterocycles. The smallest absolute Gasteiger partial charge is 0.185 e. The van der Waals surface area contributed by atoms with Crippen molar-refractivity contribution in [2.75, 3.05) is 13.2 Å². The largest absolute Gasteiger partial charge is 0.346 e. The summed E-state index contributed by atoms with van der Waals surface area (Å²) in [4.78, 5) is 4.13. The molecule has 1 saturated heterocycles. The number of benzene rings is 1. The molecule has 0 unspecified atom stereocenters. The summed E-state index contributed by atoms with van der Waals surface area (Å²) < 4.78 is 24.5. The van der Waals surface area contributed by atoms with Crippen LogP contribution in [0.15, 0.2) is 36.7 Å². The van der Waals surface area contributed by atoms with E-state index in [1.165, 1.54) is 12.1 Å². The molecule has 0 N–H and O–H groups in total. The summed E-state index contributed by atoms with van der Waals surface area (Å²) in [6.07, 6.45) is 2.89. The van der Waals surface area contributed by atoms with Gasteiger partial charge >= 0.3 is 0 Å². The summed E-state index contributed by atoms with van der Waals surface area (Å²) in [5, 5.41) is 8.73. The molecule has 2 heterocycles. The summed E-state index contributed by atoms with van der Waals surface area (Å²) >= 11 is 0. The van der Waals surface area contributed by atoms with Crippen LogP contribution in [0.25, 0.3) is 11.1 Å². The fourth-order valence-corrected chi connectivity index (χ4v) is 2.08. The zero-order valence-electron chi connectivity index (χ0n) is 10.5. The van der Waals surface area contributed by atoms with E-state index >= 15 is 0 Å². The van der Waals surface area contributed by atoms with Crippen LogP contribution in [0.3, 0.4) is 0 Å². The predicted molar refractivity (Wildman–Crippen MR) is 69.0 cm³/mol. The van der Waals surface area contributed by atoms with Gasteiger partial charge in [0.1, 0.15) is 11.9 Å². The van der Waals surface area contributed by atoms with Gasteiger partial charge in [-0.1, -0.05) is 6.07 Å². The monoisotopic (exact) mass is 270 g/mol. The van der Waals surface area contributed by atoms with Crippen molar-refractivity contribution < 1.29 is 13.9 Å². The number of nitrogens with zero attached hydrogens (tertiary/aromatic N) is 2. The minimum Gasteiger partial charge on any atom is -0.346 e. The first-order valence-corrected chi connectivity index (χ1v) is 6.16. The van der Waals surface area contributed by atoms with Crippen molar-refractivity contribution in [3.05, 3.63) is 53.6 Å². The van der Waals surface area contributed by atoms with E-state index in [1.807, 2.05) is 6.07 Å². The van der Waals surface area contributed by atoms with Gasteiger partial charge in [-0.05, 0) is 23.8 Å². The zero-order chi connectivity index (χ0) is 13.9. The van der Waals surface area contributed by atoms with Gasteiger partial charge in [-0.25, -0.2) is 4.39 Å². The predicted octanol–water partition coefficient (Wildman–Crippen LogP) is 2.80. The average Bonchev–Trinajstić information content (AvgIpc) is 3.01. The van der Waals surface area contributed by atoms with E-state index in [-0.39, 0.29) is 5.56 Å². The Balaban J connectivity index is 1.96. The molecule has 0 atom stereocenters. The second-order valence-corrected chi connectivity index (χ2v) is 4.39. The summed E-state index contributed by atoms with van der Waals surface area (Å²) in [6, 6.07) is 8.13. The Morgan fingerprint density at radius 1 is 1.15 bits per heavy atom. The lowest BCUT2D eigenvalue weighted by atomic mass is 10.0. The van der Waals surface area contributed by atoms with Crippen LogP contribution in [0.2, 0.25) is 0 Å². The molecule has 0 saturated carbocycles. The molecule has 0 bridgehead atoms. The van der Waals surface area contributed by atoms with Gasteiger partial charge in [0.05, 0.1) is 18.8 Å². The van der Waals surface area contributed by atoms with Gasteiger partial charge in [0.2, 0.25) is 0 Å². The molecule has 1 aromatic heterocycles. The molecule has 100 valence electrons. The van der Waals surface area contributed by atoms with Crippen molar-refractivity contribution in [3.8, 4) is 17.2 Å².